The van der Waals surface area contributed by atoms with E-state index in [2.05, 4.69) is 25.9 Å². The van der Waals surface area contributed by atoms with Gasteiger partial charge in [-0.05, 0) is 25.1 Å². The lowest BCUT2D eigenvalue weighted by atomic mass is 10.1. The SMILES string of the molecule is CCOC(=O)/C=C/C(=N\OC(C)=O)c1ccc(Br)cc1. The Morgan fingerprint density at radius 2 is 1.90 bits per heavy atom. The minimum Gasteiger partial charge on any atom is -0.463 e. The van der Waals surface area contributed by atoms with Crippen LogP contribution in [0.3, 0.4) is 0 Å². The molecule has 0 saturated heterocycles. The van der Waals surface area contributed by atoms with Crippen LogP contribution in [0.25, 0.3) is 0 Å². The van der Waals surface area contributed by atoms with Gasteiger partial charge in [0.15, 0.2) is 0 Å². The first-order chi connectivity index (χ1) is 9.52. The number of benzene rings is 1. The van der Waals surface area contributed by atoms with Crippen LogP contribution in [0.2, 0.25) is 0 Å². The van der Waals surface area contributed by atoms with E-state index in [9.17, 15) is 9.59 Å². The van der Waals surface area contributed by atoms with E-state index in [1.54, 1.807) is 19.1 Å². The third kappa shape index (κ3) is 5.79. The van der Waals surface area contributed by atoms with Gasteiger partial charge in [0.25, 0.3) is 0 Å². The Hall–Kier alpha value is -1.95. The molecule has 106 valence electrons. The molecule has 20 heavy (non-hydrogen) atoms. The second-order valence-electron chi connectivity index (χ2n) is 3.65. The van der Waals surface area contributed by atoms with Gasteiger partial charge in [0.1, 0.15) is 5.71 Å². The standard InChI is InChI=1S/C14H14BrNO4/c1-3-19-14(18)9-8-13(16-20-10(2)17)11-4-6-12(15)7-5-11/h4-9H,3H2,1-2H3/b9-8+,16-13+. The summed E-state index contributed by atoms with van der Waals surface area (Å²) in [5.41, 5.74) is 1.05. The summed E-state index contributed by atoms with van der Waals surface area (Å²) in [4.78, 5) is 26.7. The van der Waals surface area contributed by atoms with Gasteiger partial charge >= 0.3 is 11.9 Å². The minimum atomic E-state index is -0.538. The average Bonchev–Trinajstić information content (AvgIpc) is 2.40. The number of allylic oxidation sites excluding steroid dienone is 1. The first kappa shape index (κ1) is 16.1. The first-order valence-electron chi connectivity index (χ1n) is 5.89. The van der Waals surface area contributed by atoms with E-state index < -0.39 is 11.9 Å². The number of oxime groups is 1. The molecule has 1 rings (SSSR count). The summed E-state index contributed by atoms with van der Waals surface area (Å²) in [6.07, 6.45) is 2.66. The second kappa shape index (κ2) is 8.27. The highest BCUT2D eigenvalue weighted by Gasteiger charge is 2.04. The maximum absolute atomic E-state index is 11.3. The molecule has 0 radical (unpaired) electrons. The topological polar surface area (TPSA) is 65.0 Å². The van der Waals surface area contributed by atoms with Crippen LogP contribution in [-0.4, -0.2) is 24.3 Å². The maximum Gasteiger partial charge on any atom is 0.332 e. The number of hydrogen-bond acceptors (Lipinski definition) is 5. The van der Waals surface area contributed by atoms with Gasteiger partial charge in [-0.15, -0.1) is 0 Å². The molecule has 1 aromatic carbocycles. The van der Waals surface area contributed by atoms with E-state index in [-0.39, 0.29) is 6.61 Å². The van der Waals surface area contributed by atoms with Crippen molar-refractivity contribution in [3.63, 3.8) is 0 Å². The summed E-state index contributed by atoms with van der Waals surface area (Å²) in [6.45, 7) is 3.25. The quantitative estimate of drug-likeness (QED) is 0.272. The lowest BCUT2D eigenvalue weighted by molar-refractivity contribution is -0.141. The van der Waals surface area contributed by atoms with E-state index in [1.165, 1.54) is 19.1 Å². The fourth-order valence-electron chi connectivity index (χ4n) is 1.25. The summed E-state index contributed by atoms with van der Waals surface area (Å²) in [7, 11) is 0. The normalized spacial score (nSPS) is 11.4. The highest BCUT2D eigenvalue weighted by atomic mass is 79.9. The highest BCUT2D eigenvalue weighted by molar-refractivity contribution is 9.10. The molecule has 0 heterocycles. The third-order valence-electron chi connectivity index (χ3n) is 2.08. The van der Waals surface area contributed by atoms with Crippen molar-refractivity contribution in [1.29, 1.82) is 0 Å². The van der Waals surface area contributed by atoms with Crippen molar-refractivity contribution < 1.29 is 19.2 Å². The Kier molecular flexibility index (Phi) is 6.66. The van der Waals surface area contributed by atoms with Crippen molar-refractivity contribution in [2.75, 3.05) is 6.61 Å². The number of esters is 1. The molecule has 0 unspecified atom stereocenters. The molecule has 6 heteroatoms. The second-order valence-corrected chi connectivity index (χ2v) is 4.57. The van der Waals surface area contributed by atoms with Crippen LogP contribution in [0.5, 0.6) is 0 Å². The largest absolute Gasteiger partial charge is 0.463 e. The molecule has 5 nitrogen and oxygen atoms in total. The molecule has 0 amide bonds. The highest BCUT2D eigenvalue weighted by Crippen LogP contribution is 2.12. The molecule has 0 atom stereocenters. The van der Waals surface area contributed by atoms with Crippen molar-refractivity contribution in [2.45, 2.75) is 13.8 Å². The number of nitrogens with zero attached hydrogens (tertiary/aromatic N) is 1. The Balaban J connectivity index is 2.96. The number of hydrogen-bond donors (Lipinski definition) is 0. The summed E-state index contributed by atoms with van der Waals surface area (Å²) in [6, 6.07) is 7.19. The molecule has 0 saturated carbocycles. The molecule has 0 fully saturated rings. The number of ether oxygens (including phenoxy) is 1. The zero-order valence-electron chi connectivity index (χ0n) is 11.1. The lowest BCUT2D eigenvalue weighted by Gasteiger charge is -2.02. The summed E-state index contributed by atoms with van der Waals surface area (Å²) in [5.74, 6) is -1.02. The first-order valence-corrected chi connectivity index (χ1v) is 6.68. The fraction of sp³-hybridized carbons (Fsp3) is 0.214. The summed E-state index contributed by atoms with van der Waals surface area (Å²) in [5, 5.41) is 3.71. The smallest absolute Gasteiger partial charge is 0.332 e. The Bertz CT molecular complexity index is 535. The third-order valence-corrected chi connectivity index (χ3v) is 2.61. The molecule has 0 aliphatic heterocycles. The van der Waals surface area contributed by atoms with Gasteiger partial charge in [0.05, 0.1) is 6.61 Å². The van der Waals surface area contributed by atoms with Crippen LogP contribution in [-0.2, 0) is 19.2 Å². The van der Waals surface area contributed by atoms with Gasteiger partial charge in [-0.1, -0.05) is 33.2 Å². The van der Waals surface area contributed by atoms with Crippen molar-refractivity contribution in [3.8, 4) is 0 Å². The van der Waals surface area contributed by atoms with Crippen molar-refractivity contribution >= 4 is 33.6 Å². The van der Waals surface area contributed by atoms with Gasteiger partial charge in [-0.3, -0.25) is 0 Å². The average molecular weight is 340 g/mol. The molecule has 0 spiro atoms. The number of halogens is 1. The molecule has 0 aliphatic carbocycles. The Morgan fingerprint density at radius 1 is 1.25 bits per heavy atom. The predicted octanol–water partition coefficient (Wildman–Crippen LogP) is 2.84. The molecular formula is C14H14BrNO4. The van der Waals surface area contributed by atoms with Crippen LogP contribution in [0.15, 0.2) is 46.0 Å². The van der Waals surface area contributed by atoms with Crippen LogP contribution in [0, 0.1) is 0 Å². The molecular weight excluding hydrogens is 326 g/mol. The van der Waals surface area contributed by atoms with E-state index in [0.29, 0.717) is 11.3 Å². The minimum absolute atomic E-state index is 0.290. The molecule has 0 aliphatic rings. The number of carbonyl (C=O) groups excluding carboxylic acids is 2. The van der Waals surface area contributed by atoms with Gasteiger partial charge in [0.2, 0.25) is 0 Å². The van der Waals surface area contributed by atoms with E-state index in [1.807, 2.05) is 12.1 Å². The van der Waals surface area contributed by atoms with E-state index in [4.69, 9.17) is 4.74 Å². The molecule has 0 bridgehead atoms. The lowest BCUT2D eigenvalue weighted by Crippen LogP contribution is -2.04. The van der Waals surface area contributed by atoms with Gasteiger partial charge in [-0.2, -0.15) is 0 Å². The molecule has 1 aromatic rings. The zero-order chi connectivity index (χ0) is 15.0. The van der Waals surface area contributed by atoms with Crippen molar-refractivity contribution in [1.82, 2.24) is 0 Å². The van der Waals surface area contributed by atoms with Crippen molar-refractivity contribution in [3.05, 3.63) is 46.5 Å². The van der Waals surface area contributed by atoms with Crippen LogP contribution in [0.4, 0.5) is 0 Å². The summed E-state index contributed by atoms with van der Waals surface area (Å²) >= 11 is 3.32. The van der Waals surface area contributed by atoms with Gasteiger partial charge in [0, 0.05) is 23.0 Å². The Labute approximate surface area is 125 Å². The molecule has 0 N–H and O–H groups in total. The monoisotopic (exact) mass is 339 g/mol. The van der Waals surface area contributed by atoms with Crippen LogP contribution >= 0.6 is 15.9 Å². The molecule has 0 aromatic heterocycles. The maximum atomic E-state index is 11.3. The van der Waals surface area contributed by atoms with Crippen LogP contribution < -0.4 is 0 Å². The van der Waals surface area contributed by atoms with Gasteiger partial charge in [-0.25, -0.2) is 9.59 Å². The predicted molar refractivity (Wildman–Crippen MR) is 78.2 cm³/mol. The summed E-state index contributed by atoms with van der Waals surface area (Å²) < 4.78 is 5.68. The fourth-order valence-corrected chi connectivity index (χ4v) is 1.52. The van der Waals surface area contributed by atoms with Gasteiger partial charge < -0.3 is 9.57 Å². The van der Waals surface area contributed by atoms with E-state index >= 15 is 0 Å². The number of carbonyl (C=O) groups is 2. The zero-order valence-corrected chi connectivity index (χ0v) is 12.7. The van der Waals surface area contributed by atoms with Crippen molar-refractivity contribution in [2.24, 2.45) is 5.16 Å². The van der Waals surface area contributed by atoms with Crippen LogP contribution in [0.1, 0.15) is 19.4 Å². The van der Waals surface area contributed by atoms with E-state index in [0.717, 1.165) is 4.47 Å². The number of rotatable bonds is 5. The Morgan fingerprint density at radius 3 is 2.45 bits per heavy atom.